The van der Waals surface area contributed by atoms with Crippen molar-refractivity contribution in [1.82, 2.24) is 5.43 Å². The smallest absolute Gasteiger partial charge is 0.245 e. The van der Waals surface area contributed by atoms with Crippen LogP contribution in [0.25, 0.3) is 0 Å². The van der Waals surface area contributed by atoms with Crippen LogP contribution in [-0.4, -0.2) is 31.7 Å². The van der Waals surface area contributed by atoms with Crippen LogP contribution in [0.4, 0.5) is 5.69 Å². The van der Waals surface area contributed by atoms with Crippen LogP contribution in [0, 0.1) is 9.49 Å². The molecule has 0 bridgehead atoms. The van der Waals surface area contributed by atoms with Crippen LogP contribution in [0.2, 0.25) is 0 Å². The van der Waals surface area contributed by atoms with Gasteiger partial charge in [-0.25, -0.2) is 5.43 Å². The molecule has 2 amide bonds. The van der Waals surface area contributed by atoms with E-state index in [4.69, 9.17) is 4.74 Å². The molecule has 2 aromatic rings. The number of carbonyl (C=O) groups excluding carboxylic acids is 2. The molecule has 0 radical (unpaired) electrons. The van der Waals surface area contributed by atoms with Crippen molar-refractivity contribution in [3.63, 3.8) is 0 Å². The van der Waals surface area contributed by atoms with Gasteiger partial charge in [-0.15, -0.1) is 0 Å². The Bertz CT molecular complexity index is 819. The maximum Gasteiger partial charge on any atom is 0.245 e. The molecular formula is C19H18IN3O3. The van der Waals surface area contributed by atoms with Gasteiger partial charge in [0.1, 0.15) is 5.75 Å². The number of hydrazone groups is 1. The summed E-state index contributed by atoms with van der Waals surface area (Å²) in [5.74, 6) is -0.0221. The van der Waals surface area contributed by atoms with Crippen molar-refractivity contribution in [3.8, 4) is 5.75 Å². The molecule has 1 aliphatic heterocycles. The third-order valence-electron chi connectivity index (χ3n) is 4.14. The Kier molecular flexibility index (Phi) is 5.87. The molecule has 0 spiro atoms. The third-order valence-corrected chi connectivity index (χ3v) is 4.86. The lowest BCUT2D eigenvalue weighted by Gasteiger charge is -2.16. The molecule has 1 saturated heterocycles. The number of carbonyl (C=O) groups is 2. The van der Waals surface area contributed by atoms with Gasteiger partial charge in [-0.2, -0.15) is 5.10 Å². The molecule has 1 fully saturated rings. The summed E-state index contributed by atoms with van der Waals surface area (Å²) in [7, 11) is 1.59. The Morgan fingerprint density at radius 1 is 1.23 bits per heavy atom. The van der Waals surface area contributed by atoms with E-state index in [1.54, 1.807) is 30.4 Å². The van der Waals surface area contributed by atoms with E-state index in [-0.39, 0.29) is 18.2 Å². The molecule has 6 nitrogen and oxygen atoms in total. The van der Waals surface area contributed by atoms with Crippen molar-refractivity contribution in [2.45, 2.75) is 6.42 Å². The highest BCUT2D eigenvalue weighted by atomic mass is 127. The van der Waals surface area contributed by atoms with Crippen LogP contribution >= 0.6 is 22.6 Å². The first-order chi connectivity index (χ1) is 12.6. The maximum absolute atomic E-state index is 12.3. The van der Waals surface area contributed by atoms with Crippen LogP contribution in [0.3, 0.4) is 0 Å². The molecule has 2 aromatic carbocycles. The van der Waals surface area contributed by atoms with Gasteiger partial charge in [0, 0.05) is 22.2 Å². The minimum absolute atomic E-state index is 0.0723. The second-order valence-electron chi connectivity index (χ2n) is 5.89. The Hall–Kier alpha value is -2.42. The molecule has 26 heavy (non-hydrogen) atoms. The fourth-order valence-corrected chi connectivity index (χ4v) is 3.07. The van der Waals surface area contributed by atoms with Gasteiger partial charge in [0.15, 0.2) is 0 Å². The number of hydrogen-bond acceptors (Lipinski definition) is 4. The van der Waals surface area contributed by atoms with Gasteiger partial charge >= 0.3 is 0 Å². The van der Waals surface area contributed by atoms with Gasteiger partial charge in [-0.05, 0) is 64.6 Å². The van der Waals surface area contributed by atoms with E-state index >= 15 is 0 Å². The molecule has 1 N–H and O–H groups in total. The number of ether oxygens (including phenoxy) is 1. The summed E-state index contributed by atoms with van der Waals surface area (Å²) in [4.78, 5) is 26.2. The van der Waals surface area contributed by atoms with E-state index in [2.05, 4.69) is 33.1 Å². The number of nitrogens with one attached hydrogen (secondary N) is 1. The number of nitrogens with zero attached hydrogens (tertiary/aromatic N) is 2. The number of methoxy groups -OCH3 is 1. The predicted molar refractivity (Wildman–Crippen MR) is 108 cm³/mol. The topological polar surface area (TPSA) is 71.0 Å². The minimum Gasteiger partial charge on any atom is -0.497 e. The molecule has 3 rings (SSSR count). The van der Waals surface area contributed by atoms with Gasteiger partial charge in [0.05, 0.1) is 19.2 Å². The molecular weight excluding hydrogens is 445 g/mol. The van der Waals surface area contributed by atoms with Crippen LogP contribution < -0.4 is 15.1 Å². The van der Waals surface area contributed by atoms with E-state index in [9.17, 15) is 9.59 Å². The van der Waals surface area contributed by atoms with Crippen molar-refractivity contribution in [1.29, 1.82) is 0 Å². The van der Waals surface area contributed by atoms with Crippen molar-refractivity contribution in [3.05, 3.63) is 57.7 Å². The van der Waals surface area contributed by atoms with Crippen molar-refractivity contribution in [2.24, 2.45) is 11.0 Å². The van der Waals surface area contributed by atoms with E-state index in [1.807, 2.05) is 36.4 Å². The number of halogens is 1. The molecule has 0 saturated carbocycles. The van der Waals surface area contributed by atoms with Gasteiger partial charge in [-0.1, -0.05) is 12.1 Å². The molecule has 1 aliphatic rings. The van der Waals surface area contributed by atoms with Crippen molar-refractivity contribution in [2.75, 3.05) is 18.6 Å². The summed E-state index contributed by atoms with van der Waals surface area (Å²) < 4.78 is 6.25. The summed E-state index contributed by atoms with van der Waals surface area (Å²) >= 11 is 2.22. The number of rotatable bonds is 5. The zero-order valence-corrected chi connectivity index (χ0v) is 16.3. The lowest BCUT2D eigenvalue weighted by molar-refractivity contribution is -0.126. The summed E-state index contributed by atoms with van der Waals surface area (Å²) in [6, 6.07) is 15.0. The minimum atomic E-state index is -0.418. The van der Waals surface area contributed by atoms with Gasteiger partial charge in [0.2, 0.25) is 11.8 Å². The highest BCUT2D eigenvalue weighted by molar-refractivity contribution is 14.1. The highest BCUT2D eigenvalue weighted by Crippen LogP contribution is 2.26. The lowest BCUT2D eigenvalue weighted by Crippen LogP contribution is -2.30. The van der Waals surface area contributed by atoms with E-state index in [0.29, 0.717) is 6.54 Å². The molecule has 0 aromatic heterocycles. The van der Waals surface area contributed by atoms with E-state index < -0.39 is 5.92 Å². The molecule has 1 atom stereocenters. The number of hydrogen-bond donors (Lipinski definition) is 1. The van der Waals surface area contributed by atoms with Crippen LogP contribution in [0.1, 0.15) is 12.0 Å². The van der Waals surface area contributed by atoms with Crippen molar-refractivity contribution >= 4 is 46.3 Å². The summed E-state index contributed by atoms with van der Waals surface area (Å²) in [6.45, 7) is 0.343. The average molecular weight is 463 g/mol. The zero-order valence-electron chi connectivity index (χ0n) is 14.2. The number of amides is 2. The second kappa shape index (κ2) is 8.31. The first-order valence-electron chi connectivity index (χ1n) is 8.09. The largest absolute Gasteiger partial charge is 0.497 e. The zero-order chi connectivity index (χ0) is 18.5. The summed E-state index contributed by atoms with van der Waals surface area (Å²) in [6.07, 6.45) is 1.77. The summed E-state index contributed by atoms with van der Waals surface area (Å²) in [5, 5.41) is 3.99. The molecule has 0 unspecified atom stereocenters. The quantitative estimate of drug-likeness (QED) is 0.421. The highest BCUT2D eigenvalue weighted by Gasteiger charge is 2.35. The maximum atomic E-state index is 12.3. The molecule has 0 aliphatic carbocycles. The standard InChI is InChI=1S/C19H18IN3O3/c1-26-17-8-6-16(7-9-17)23-12-14(10-18(23)24)19(25)22-21-11-13-2-4-15(20)5-3-13/h2-9,11,14H,10,12H2,1H3,(H,22,25)/b21-11-/t14-/m1/s1. The first-order valence-corrected chi connectivity index (χ1v) is 9.17. The Morgan fingerprint density at radius 2 is 1.92 bits per heavy atom. The number of benzene rings is 2. The second-order valence-corrected chi connectivity index (χ2v) is 7.13. The molecule has 134 valence electrons. The normalized spacial score (nSPS) is 16.9. The van der Waals surface area contributed by atoms with Gasteiger partial charge < -0.3 is 9.64 Å². The van der Waals surface area contributed by atoms with Gasteiger partial charge in [0.25, 0.3) is 0 Å². The number of anilines is 1. The lowest BCUT2D eigenvalue weighted by atomic mass is 10.1. The Morgan fingerprint density at radius 3 is 2.58 bits per heavy atom. The summed E-state index contributed by atoms with van der Waals surface area (Å²) in [5.41, 5.74) is 4.18. The van der Waals surface area contributed by atoms with Crippen LogP contribution in [-0.2, 0) is 9.59 Å². The average Bonchev–Trinajstić information content (AvgIpc) is 3.05. The van der Waals surface area contributed by atoms with E-state index in [0.717, 1.165) is 20.6 Å². The fraction of sp³-hybridized carbons (Fsp3) is 0.211. The predicted octanol–water partition coefficient (Wildman–Crippen LogP) is 2.80. The SMILES string of the molecule is COc1ccc(N2C[C@H](C(=O)N/N=C\c3ccc(I)cc3)CC2=O)cc1. The first kappa shape index (κ1) is 18.4. The third kappa shape index (κ3) is 4.40. The van der Waals surface area contributed by atoms with Gasteiger partial charge in [-0.3, -0.25) is 9.59 Å². The molecule has 1 heterocycles. The Labute approximate surface area is 165 Å². The molecule has 7 heteroatoms. The van der Waals surface area contributed by atoms with Crippen molar-refractivity contribution < 1.29 is 14.3 Å². The van der Waals surface area contributed by atoms with Crippen LogP contribution in [0.5, 0.6) is 5.75 Å². The monoisotopic (exact) mass is 463 g/mol. The van der Waals surface area contributed by atoms with Crippen LogP contribution in [0.15, 0.2) is 53.6 Å². The van der Waals surface area contributed by atoms with E-state index in [1.165, 1.54) is 0 Å². The Balaban J connectivity index is 1.58. The fourth-order valence-electron chi connectivity index (χ4n) is 2.71.